The summed E-state index contributed by atoms with van der Waals surface area (Å²) in [5.41, 5.74) is 0.310. The predicted octanol–water partition coefficient (Wildman–Crippen LogP) is 0.887. The van der Waals surface area contributed by atoms with Crippen molar-refractivity contribution >= 4 is 23.1 Å². The van der Waals surface area contributed by atoms with E-state index in [0.717, 1.165) is 11.3 Å². The Morgan fingerprint density at radius 3 is 2.67 bits per heavy atom. The highest BCUT2D eigenvalue weighted by atomic mass is 32.1. The van der Waals surface area contributed by atoms with Crippen LogP contribution in [0.5, 0.6) is 0 Å². The van der Waals surface area contributed by atoms with Crippen LogP contribution in [0, 0.1) is 11.3 Å². The molecule has 4 nitrogen and oxygen atoms in total. The van der Waals surface area contributed by atoms with Gasteiger partial charge in [-0.05, 0) is 6.07 Å². The number of nitrogens with zero attached hydrogens (tertiary/aromatic N) is 1. The molecule has 0 aliphatic heterocycles. The summed E-state index contributed by atoms with van der Waals surface area (Å²) >= 11 is 0.958. The number of rotatable bonds is 2. The number of aliphatic carboxylic acids is 1. The molecule has 0 radical (unpaired) electrons. The van der Waals surface area contributed by atoms with E-state index < -0.39 is 11.8 Å². The van der Waals surface area contributed by atoms with Gasteiger partial charge in [0.05, 0.1) is 10.4 Å². The van der Waals surface area contributed by atoms with Gasteiger partial charge >= 0.3 is 5.97 Å². The van der Waals surface area contributed by atoms with Gasteiger partial charge in [-0.2, -0.15) is 5.26 Å². The van der Waals surface area contributed by atoms with Crippen LogP contribution in [-0.2, 0) is 4.79 Å². The molecule has 1 rings (SSSR count). The van der Waals surface area contributed by atoms with E-state index in [1.807, 2.05) is 0 Å². The van der Waals surface area contributed by atoms with Gasteiger partial charge in [0.1, 0.15) is 6.07 Å². The van der Waals surface area contributed by atoms with Crippen molar-refractivity contribution < 1.29 is 14.7 Å². The molecular formula is C7H3NO3S. The van der Waals surface area contributed by atoms with E-state index in [4.69, 9.17) is 10.4 Å². The average Bonchev–Trinajstić information content (AvgIpc) is 2.50. The van der Waals surface area contributed by atoms with E-state index in [0.29, 0.717) is 5.56 Å². The van der Waals surface area contributed by atoms with Crippen LogP contribution in [0.3, 0.4) is 0 Å². The zero-order valence-electron chi connectivity index (χ0n) is 5.77. The molecule has 0 spiro atoms. The van der Waals surface area contributed by atoms with E-state index >= 15 is 0 Å². The number of carboxylic acid groups (broad SMARTS) is 1. The van der Waals surface area contributed by atoms with Crippen molar-refractivity contribution in [1.82, 2.24) is 0 Å². The van der Waals surface area contributed by atoms with Crippen LogP contribution in [-0.4, -0.2) is 16.9 Å². The summed E-state index contributed by atoms with van der Waals surface area (Å²) in [6.45, 7) is 0. The fraction of sp³-hybridized carbons (Fsp3) is 0. The Morgan fingerprint density at radius 1 is 1.58 bits per heavy atom. The Bertz CT molecular complexity index is 374. The summed E-state index contributed by atoms with van der Waals surface area (Å²) in [6.07, 6.45) is 0. The van der Waals surface area contributed by atoms with E-state index in [1.54, 1.807) is 6.07 Å². The Balaban J connectivity index is 2.99. The Hall–Kier alpha value is -1.67. The Labute approximate surface area is 71.7 Å². The van der Waals surface area contributed by atoms with Gasteiger partial charge in [0.15, 0.2) is 0 Å². The summed E-state index contributed by atoms with van der Waals surface area (Å²) in [7, 11) is 0. The SMILES string of the molecule is N#Cc1csc(C(=O)C(=O)O)c1. The summed E-state index contributed by atoms with van der Waals surface area (Å²) in [5.74, 6) is -2.47. The number of Topliss-reactive ketones (excluding diaryl/α,β-unsaturated/α-hetero) is 1. The quantitative estimate of drug-likeness (QED) is 0.542. The van der Waals surface area contributed by atoms with Gasteiger partial charge in [0.2, 0.25) is 0 Å². The van der Waals surface area contributed by atoms with Crippen LogP contribution in [0.4, 0.5) is 0 Å². The van der Waals surface area contributed by atoms with Gasteiger partial charge in [-0.3, -0.25) is 4.79 Å². The molecule has 0 aromatic carbocycles. The molecule has 0 unspecified atom stereocenters. The van der Waals surface area contributed by atoms with Gasteiger partial charge in [-0.15, -0.1) is 11.3 Å². The molecule has 1 aromatic heterocycles. The molecule has 1 heterocycles. The minimum absolute atomic E-state index is 0.0825. The zero-order chi connectivity index (χ0) is 9.14. The number of carbonyl (C=O) groups excluding carboxylic acids is 1. The molecule has 60 valence electrons. The molecule has 0 amide bonds. The average molecular weight is 181 g/mol. The molecule has 0 fully saturated rings. The third-order valence-corrected chi connectivity index (χ3v) is 2.08. The molecule has 1 aromatic rings. The first-order valence-corrected chi connectivity index (χ1v) is 3.79. The molecule has 1 N–H and O–H groups in total. The van der Waals surface area contributed by atoms with E-state index in [1.165, 1.54) is 11.4 Å². The van der Waals surface area contributed by atoms with Crippen molar-refractivity contribution in [1.29, 1.82) is 5.26 Å². The highest BCUT2D eigenvalue weighted by Gasteiger charge is 2.16. The van der Waals surface area contributed by atoms with Crippen LogP contribution in [0.1, 0.15) is 15.2 Å². The maximum absolute atomic E-state index is 10.8. The molecule has 12 heavy (non-hydrogen) atoms. The molecule has 0 aliphatic rings. The predicted molar refractivity (Wildman–Crippen MR) is 41.0 cm³/mol. The number of carbonyl (C=O) groups is 2. The first kappa shape index (κ1) is 8.43. The van der Waals surface area contributed by atoms with Crippen molar-refractivity contribution in [2.75, 3.05) is 0 Å². The molecule has 0 bridgehead atoms. The van der Waals surface area contributed by atoms with Crippen LogP contribution >= 0.6 is 11.3 Å². The van der Waals surface area contributed by atoms with Crippen LogP contribution < -0.4 is 0 Å². The minimum atomic E-state index is -1.50. The normalized spacial score (nSPS) is 8.92. The van der Waals surface area contributed by atoms with Crippen LogP contribution in [0.15, 0.2) is 11.4 Å². The maximum Gasteiger partial charge on any atom is 0.378 e. The second kappa shape index (κ2) is 3.15. The fourth-order valence-electron chi connectivity index (χ4n) is 0.619. The van der Waals surface area contributed by atoms with Gasteiger partial charge < -0.3 is 5.11 Å². The highest BCUT2D eigenvalue weighted by molar-refractivity contribution is 7.13. The lowest BCUT2D eigenvalue weighted by Gasteiger charge is -1.85. The second-order valence-electron chi connectivity index (χ2n) is 1.95. The lowest BCUT2D eigenvalue weighted by Crippen LogP contribution is -2.10. The lowest BCUT2D eigenvalue weighted by atomic mass is 10.3. The van der Waals surface area contributed by atoms with Crippen LogP contribution in [0.2, 0.25) is 0 Å². The lowest BCUT2D eigenvalue weighted by molar-refractivity contribution is -0.131. The number of carboxylic acids is 1. The van der Waals surface area contributed by atoms with Gasteiger partial charge in [-0.25, -0.2) is 4.79 Å². The summed E-state index contributed by atoms with van der Waals surface area (Å²) < 4.78 is 0. The number of nitriles is 1. The number of hydrogen-bond acceptors (Lipinski definition) is 4. The van der Waals surface area contributed by atoms with Crippen LogP contribution in [0.25, 0.3) is 0 Å². The number of hydrogen-bond donors (Lipinski definition) is 1. The van der Waals surface area contributed by atoms with Crippen molar-refractivity contribution in [2.24, 2.45) is 0 Å². The smallest absolute Gasteiger partial charge is 0.378 e. The van der Waals surface area contributed by atoms with E-state index in [9.17, 15) is 9.59 Å². The summed E-state index contributed by atoms with van der Waals surface area (Å²) in [6, 6.07) is 3.07. The number of thiophene rings is 1. The third-order valence-electron chi connectivity index (χ3n) is 1.15. The topological polar surface area (TPSA) is 78.2 Å². The number of ketones is 1. The molecule has 0 atom stereocenters. The van der Waals surface area contributed by atoms with Crippen molar-refractivity contribution in [2.45, 2.75) is 0 Å². The van der Waals surface area contributed by atoms with Crippen molar-refractivity contribution in [3.63, 3.8) is 0 Å². The highest BCUT2D eigenvalue weighted by Crippen LogP contribution is 2.14. The molecule has 0 saturated carbocycles. The van der Waals surface area contributed by atoms with Crippen molar-refractivity contribution in [3.05, 3.63) is 21.9 Å². The van der Waals surface area contributed by atoms with Gasteiger partial charge in [0.25, 0.3) is 5.78 Å². The minimum Gasteiger partial charge on any atom is -0.475 e. The third kappa shape index (κ3) is 1.49. The van der Waals surface area contributed by atoms with E-state index in [-0.39, 0.29) is 4.88 Å². The Kier molecular flexibility index (Phi) is 2.21. The molecule has 0 aliphatic carbocycles. The first-order chi connectivity index (χ1) is 5.65. The van der Waals surface area contributed by atoms with Gasteiger partial charge in [-0.1, -0.05) is 0 Å². The summed E-state index contributed by atoms with van der Waals surface area (Å²) in [4.78, 5) is 21.0. The molecular weight excluding hydrogens is 178 g/mol. The Morgan fingerprint density at radius 2 is 2.25 bits per heavy atom. The standard InChI is InChI=1S/C7H3NO3S/c8-2-4-1-5(12-3-4)6(9)7(10)11/h1,3H,(H,10,11). The maximum atomic E-state index is 10.8. The van der Waals surface area contributed by atoms with Gasteiger partial charge in [0, 0.05) is 5.38 Å². The monoisotopic (exact) mass is 181 g/mol. The fourth-order valence-corrected chi connectivity index (χ4v) is 1.38. The second-order valence-corrected chi connectivity index (χ2v) is 2.86. The molecule has 5 heteroatoms. The first-order valence-electron chi connectivity index (χ1n) is 2.91. The zero-order valence-corrected chi connectivity index (χ0v) is 6.59. The van der Waals surface area contributed by atoms with E-state index in [2.05, 4.69) is 0 Å². The largest absolute Gasteiger partial charge is 0.475 e. The van der Waals surface area contributed by atoms with Crippen molar-refractivity contribution in [3.8, 4) is 6.07 Å². The summed E-state index contributed by atoms with van der Waals surface area (Å²) in [5, 5.41) is 18.1. The molecule has 0 saturated heterocycles.